The molecule has 0 aliphatic heterocycles. The van der Waals surface area contributed by atoms with E-state index in [2.05, 4.69) is 24.5 Å². The van der Waals surface area contributed by atoms with E-state index in [1.165, 1.54) is 32.3 Å². The molecule has 0 heterocycles. The molecule has 1 aromatic rings. The van der Waals surface area contributed by atoms with Crippen LogP contribution in [0, 0.1) is 17.7 Å². The van der Waals surface area contributed by atoms with Gasteiger partial charge in [-0.05, 0) is 42.9 Å². The summed E-state index contributed by atoms with van der Waals surface area (Å²) in [5.74, 6) is 0.539. The Morgan fingerprint density at radius 2 is 1.90 bits per heavy atom. The summed E-state index contributed by atoms with van der Waals surface area (Å²) in [6, 6.07) is 5.20. The van der Waals surface area contributed by atoms with Crippen molar-refractivity contribution in [1.82, 2.24) is 0 Å². The van der Waals surface area contributed by atoms with E-state index in [4.69, 9.17) is 0 Å². The van der Waals surface area contributed by atoms with E-state index >= 15 is 0 Å². The van der Waals surface area contributed by atoms with Crippen LogP contribution in [0.5, 0.6) is 0 Å². The van der Waals surface area contributed by atoms with E-state index in [0.717, 1.165) is 5.69 Å². The van der Waals surface area contributed by atoms with E-state index in [1.807, 2.05) is 0 Å². The van der Waals surface area contributed by atoms with Crippen molar-refractivity contribution in [3.05, 3.63) is 24.0 Å². The number of carbonyl (C=O) groups is 1. The zero-order valence-corrected chi connectivity index (χ0v) is 12.4. The standard InChI is InChI=1S/C16H23FN2O/c1-10-5-4-6-11(2)16(10)19-13-7-8-14(17)15(9-13)18-12(3)20/h7-11,16,19H,4-6H2,1-3H3,(H,18,20). The van der Waals surface area contributed by atoms with Gasteiger partial charge in [0, 0.05) is 18.7 Å². The van der Waals surface area contributed by atoms with Crippen molar-refractivity contribution < 1.29 is 9.18 Å². The fourth-order valence-corrected chi connectivity index (χ4v) is 3.06. The molecule has 0 aromatic heterocycles. The highest BCUT2D eigenvalue weighted by atomic mass is 19.1. The first-order valence-electron chi connectivity index (χ1n) is 7.31. The number of anilines is 2. The van der Waals surface area contributed by atoms with Gasteiger partial charge in [0.05, 0.1) is 5.69 Å². The van der Waals surface area contributed by atoms with Crippen molar-refractivity contribution in [2.24, 2.45) is 11.8 Å². The third-order valence-corrected chi connectivity index (χ3v) is 4.16. The van der Waals surface area contributed by atoms with Crippen molar-refractivity contribution in [1.29, 1.82) is 0 Å². The maximum atomic E-state index is 13.6. The fraction of sp³-hybridized carbons (Fsp3) is 0.562. The van der Waals surface area contributed by atoms with Crippen LogP contribution in [0.2, 0.25) is 0 Å². The second kappa shape index (κ2) is 6.25. The maximum Gasteiger partial charge on any atom is 0.221 e. The summed E-state index contributed by atoms with van der Waals surface area (Å²) in [6.07, 6.45) is 3.73. The Bertz CT molecular complexity index is 479. The highest BCUT2D eigenvalue weighted by Gasteiger charge is 2.27. The van der Waals surface area contributed by atoms with Gasteiger partial charge in [0.1, 0.15) is 5.82 Å². The third kappa shape index (κ3) is 3.50. The second-order valence-corrected chi connectivity index (χ2v) is 5.93. The number of benzene rings is 1. The molecule has 2 unspecified atom stereocenters. The van der Waals surface area contributed by atoms with Gasteiger partial charge in [-0.2, -0.15) is 0 Å². The van der Waals surface area contributed by atoms with Crippen LogP contribution in [0.15, 0.2) is 18.2 Å². The summed E-state index contributed by atoms with van der Waals surface area (Å²) in [7, 11) is 0. The Labute approximate surface area is 120 Å². The summed E-state index contributed by atoms with van der Waals surface area (Å²) in [4.78, 5) is 11.1. The quantitative estimate of drug-likeness (QED) is 0.876. The van der Waals surface area contributed by atoms with Gasteiger partial charge in [0.25, 0.3) is 0 Å². The molecule has 1 amide bonds. The van der Waals surface area contributed by atoms with Crippen LogP contribution in [0.3, 0.4) is 0 Å². The summed E-state index contributed by atoms with van der Waals surface area (Å²) in [6.45, 7) is 5.89. The minimum Gasteiger partial charge on any atom is -0.382 e. The fourth-order valence-electron chi connectivity index (χ4n) is 3.06. The smallest absolute Gasteiger partial charge is 0.221 e. The van der Waals surface area contributed by atoms with Crippen molar-refractivity contribution in [2.45, 2.75) is 46.1 Å². The third-order valence-electron chi connectivity index (χ3n) is 4.16. The molecule has 1 saturated carbocycles. The van der Waals surface area contributed by atoms with E-state index in [1.54, 1.807) is 12.1 Å². The van der Waals surface area contributed by atoms with Gasteiger partial charge in [-0.3, -0.25) is 4.79 Å². The molecule has 0 bridgehead atoms. The lowest BCUT2D eigenvalue weighted by Gasteiger charge is -2.36. The molecule has 1 fully saturated rings. The SMILES string of the molecule is CC(=O)Nc1cc(NC2C(C)CCCC2C)ccc1F. The van der Waals surface area contributed by atoms with Crippen LogP contribution in [0.4, 0.5) is 15.8 Å². The van der Waals surface area contributed by atoms with E-state index in [9.17, 15) is 9.18 Å². The Hall–Kier alpha value is -1.58. The van der Waals surface area contributed by atoms with Gasteiger partial charge in [-0.1, -0.05) is 20.3 Å². The number of nitrogens with one attached hydrogen (secondary N) is 2. The average molecular weight is 278 g/mol. The van der Waals surface area contributed by atoms with Crippen LogP contribution in [-0.4, -0.2) is 11.9 Å². The molecule has 1 aliphatic carbocycles. The molecule has 20 heavy (non-hydrogen) atoms. The second-order valence-electron chi connectivity index (χ2n) is 5.93. The van der Waals surface area contributed by atoms with Gasteiger partial charge in [-0.25, -0.2) is 4.39 Å². The van der Waals surface area contributed by atoms with E-state index in [-0.39, 0.29) is 11.6 Å². The molecule has 2 N–H and O–H groups in total. The Morgan fingerprint density at radius 1 is 1.25 bits per heavy atom. The zero-order valence-electron chi connectivity index (χ0n) is 12.4. The molecule has 0 radical (unpaired) electrons. The number of rotatable bonds is 3. The first-order valence-corrected chi connectivity index (χ1v) is 7.31. The van der Waals surface area contributed by atoms with Gasteiger partial charge in [0.2, 0.25) is 5.91 Å². The molecular weight excluding hydrogens is 255 g/mol. The van der Waals surface area contributed by atoms with Crippen molar-refractivity contribution in [2.75, 3.05) is 10.6 Å². The first kappa shape index (κ1) is 14.8. The zero-order chi connectivity index (χ0) is 14.7. The maximum absolute atomic E-state index is 13.6. The first-order chi connectivity index (χ1) is 9.47. The number of halogens is 1. The molecule has 110 valence electrons. The molecule has 2 rings (SSSR count). The van der Waals surface area contributed by atoms with E-state index in [0.29, 0.717) is 17.9 Å². The van der Waals surface area contributed by atoms with Crippen molar-refractivity contribution in [3.63, 3.8) is 0 Å². The molecule has 0 spiro atoms. The summed E-state index contributed by atoms with van der Waals surface area (Å²) in [5, 5.41) is 6.02. The Kier molecular flexibility index (Phi) is 4.63. The van der Waals surface area contributed by atoms with Gasteiger partial charge < -0.3 is 10.6 Å². The van der Waals surface area contributed by atoms with Crippen LogP contribution >= 0.6 is 0 Å². The molecule has 2 atom stereocenters. The number of amides is 1. The largest absolute Gasteiger partial charge is 0.382 e. The minimum absolute atomic E-state index is 0.235. The lowest BCUT2D eigenvalue weighted by Crippen LogP contribution is -2.37. The molecule has 3 nitrogen and oxygen atoms in total. The topological polar surface area (TPSA) is 41.1 Å². The van der Waals surface area contributed by atoms with Crippen LogP contribution in [-0.2, 0) is 4.79 Å². The molecular formula is C16H23FN2O. The van der Waals surface area contributed by atoms with E-state index < -0.39 is 5.82 Å². The van der Waals surface area contributed by atoms with Crippen LogP contribution in [0.1, 0.15) is 40.0 Å². The van der Waals surface area contributed by atoms with Gasteiger partial charge in [0.15, 0.2) is 0 Å². The Morgan fingerprint density at radius 3 is 2.50 bits per heavy atom. The molecule has 1 aromatic carbocycles. The molecule has 4 heteroatoms. The van der Waals surface area contributed by atoms with Crippen molar-refractivity contribution in [3.8, 4) is 0 Å². The van der Waals surface area contributed by atoms with Crippen LogP contribution < -0.4 is 10.6 Å². The van der Waals surface area contributed by atoms with Crippen LogP contribution in [0.25, 0.3) is 0 Å². The van der Waals surface area contributed by atoms with Crippen molar-refractivity contribution >= 4 is 17.3 Å². The normalized spacial score (nSPS) is 26.1. The van der Waals surface area contributed by atoms with Gasteiger partial charge >= 0.3 is 0 Å². The number of carbonyl (C=O) groups excluding carboxylic acids is 1. The number of hydrogen-bond donors (Lipinski definition) is 2. The Balaban J connectivity index is 2.14. The highest BCUT2D eigenvalue weighted by Crippen LogP contribution is 2.32. The average Bonchev–Trinajstić information content (AvgIpc) is 2.37. The highest BCUT2D eigenvalue weighted by molar-refractivity contribution is 5.89. The van der Waals surface area contributed by atoms with Gasteiger partial charge in [-0.15, -0.1) is 0 Å². The predicted octanol–water partition coefficient (Wildman–Crippen LogP) is 4.02. The minimum atomic E-state index is -0.407. The summed E-state index contributed by atoms with van der Waals surface area (Å²) >= 11 is 0. The monoisotopic (exact) mass is 278 g/mol. The predicted molar refractivity (Wildman–Crippen MR) is 80.3 cm³/mol. The number of hydrogen-bond acceptors (Lipinski definition) is 2. The summed E-state index contributed by atoms with van der Waals surface area (Å²) in [5.41, 5.74) is 1.10. The molecule has 1 aliphatic rings. The lowest BCUT2D eigenvalue weighted by atomic mass is 9.78. The summed E-state index contributed by atoms with van der Waals surface area (Å²) < 4.78 is 13.6. The molecule has 0 saturated heterocycles. The lowest BCUT2D eigenvalue weighted by molar-refractivity contribution is -0.114.